The Bertz CT molecular complexity index is 1340. The lowest BCUT2D eigenvalue weighted by Gasteiger charge is -2.70. The minimum absolute atomic E-state index is 0.159. The summed E-state index contributed by atoms with van der Waals surface area (Å²) in [6, 6.07) is 0. The van der Waals surface area contributed by atoms with E-state index in [1.807, 2.05) is 32.9 Å². The normalized spacial score (nSPS) is 44.2. The van der Waals surface area contributed by atoms with E-state index >= 15 is 0 Å². The van der Waals surface area contributed by atoms with Gasteiger partial charge in [-0.15, -0.1) is 0 Å². The number of hydrogen-bond donors (Lipinski definition) is 1. The first-order valence-corrected chi connectivity index (χ1v) is 13.9. The lowest BCUT2D eigenvalue weighted by Crippen LogP contribution is -2.75. The quantitative estimate of drug-likeness (QED) is 0.232. The molecule has 1 heterocycles. The summed E-state index contributed by atoms with van der Waals surface area (Å²) in [5.74, 6) is -4.73. The minimum atomic E-state index is -1.25. The van der Waals surface area contributed by atoms with Gasteiger partial charge in [0, 0.05) is 66.6 Å². The summed E-state index contributed by atoms with van der Waals surface area (Å²) >= 11 is 0. The highest BCUT2D eigenvalue weighted by Crippen LogP contribution is 2.73. The van der Waals surface area contributed by atoms with Gasteiger partial charge >= 0.3 is 23.9 Å². The fraction of sp³-hybridized carbons (Fsp3) is 0.645. The molecule has 0 saturated heterocycles. The van der Waals surface area contributed by atoms with Crippen molar-refractivity contribution in [3.63, 3.8) is 0 Å². The second-order valence-corrected chi connectivity index (χ2v) is 13.3. The molecule has 5 rings (SSSR count). The van der Waals surface area contributed by atoms with E-state index in [4.69, 9.17) is 18.9 Å². The first kappa shape index (κ1) is 29.4. The smallest absolute Gasteiger partial charge is 0.342 e. The number of methoxy groups -OCH3 is 1. The average molecular weight is 571 g/mol. The molecule has 2 saturated carbocycles. The number of carbonyl (C=O) groups is 5. The zero-order chi connectivity index (χ0) is 30.4. The van der Waals surface area contributed by atoms with Gasteiger partial charge < -0.3 is 24.1 Å². The molecule has 4 aliphatic carbocycles. The molecule has 5 aliphatic rings. The van der Waals surface area contributed by atoms with Crippen molar-refractivity contribution in [3.05, 3.63) is 35.5 Å². The Balaban J connectivity index is 1.82. The molecule has 0 spiro atoms. The Kier molecular flexibility index (Phi) is 6.59. The molecule has 0 unspecified atom stereocenters. The van der Waals surface area contributed by atoms with Crippen molar-refractivity contribution >= 4 is 29.7 Å². The molecule has 222 valence electrons. The molecule has 10 nitrogen and oxygen atoms in total. The van der Waals surface area contributed by atoms with Crippen LogP contribution in [-0.2, 0) is 42.9 Å². The van der Waals surface area contributed by atoms with Crippen LogP contribution < -0.4 is 0 Å². The number of aliphatic hydroxyl groups excluding tert-OH is 1. The van der Waals surface area contributed by atoms with E-state index in [1.165, 1.54) is 33.1 Å². The highest BCUT2D eigenvalue weighted by molar-refractivity contribution is 6.09. The van der Waals surface area contributed by atoms with Crippen LogP contribution in [0, 0.1) is 39.4 Å². The first-order chi connectivity index (χ1) is 19.0. The molecular weight excluding hydrogens is 532 g/mol. The molecule has 1 N–H and O–H groups in total. The van der Waals surface area contributed by atoms with E-state index in [2.05, 4.69) is 0 Å². The third-order valence-electron chi connectivity index (χ3n) is 10.8. The number of fused-ring (bicyclic) bond motifs is 5. The molecule has 10 heteroatoms. The standard InChI is InChI=1S/C31H38O10/c1-14(32)39-25-21(36)23-28(3,4)19(34)11-12-29(23,5)24-22(38-8)26(40-15(2)33)30(6)17(9-10-18(30)31(24,25)7)16-13-20(35)41-27(16)37/h10-13,17,21-26,36H,9H2,1-8H3/t17-,21+,22-,23+,24+,25+,26-,29-,30-,31-/m0/s1. The Hall–Kier alpha value is -3.11. The summed E-state index contributed by atoms with van der Waals surface area (Å²) in [6.45, 7) is 11.8. The van der Waals surface area contributed by atoms with Crippen LogP contribution >= 0.6 is 0 Å². The Morgan fingerprint density at radius 3 is 2.10 bits per heavy atom. The van der Waals surface area contributed by atoms with Crippen molar-refractivity contribution in [1.29, 1.82) is 0 Å². The third-order valence-corrected chi connectivity index (χ3v) is 10.8. The number of esters is 4. The van der Waals surface area contributed by atoms with Gasteiger partial charge in [0.2, 0.25) is 0 Å². The summed E-state index contributed by atoms with van der Waals surface area (Å²) in [5.41, 5.74) is -3.25. The van der Waals surface area contributed by atoms with Crippen LogP contribution in [0.5, 0.6) is 0 Å². The van der Waals surface area contributed by atoms with Crippen molar-refractivity contribution in [1.82, 2.24) is 0 Å². The highest BCUT2D eigenvalue weighted by Gasteiger charge is 2.77. The number of aliphatic hydroxyl groups is 1. The number of ketones is 1. The molecule has 41 heavy (non-hydrogen) atoms. The monoisotopic (exact) mass is 570 g/mol. The zero-order valence-electron chi connectivity index (χ0n) is 24.7. The lowest BCUT2D eigenvalue weighted by molar-refractivity contribution is -0.271. The maximum Gasteiger partial charge on any atom is 0.342 e. The van der Waals surface area contributed by atoms with E-state index in [0.29, 0.717) is 6.42 Å². The van der Waals surface area contributed by atoms with Crippen LogP contribution in [0.1, 0.15) is 54.9 Å². The number of ether oxygens (including phenoxy) is 4. The predicted molar refractivity (Wildman–Crippen MR) is 143 cm³/mol. The van der Waals surface area contributed by atoms with Gasteiger partial charge in [-0.3, -0.25) is 14.4 Å². The van der Waals surface area contributed by atoms with Gasteiger partial charge in [0.15, 0.2) is 5.78 Å². The van der Waals surface area contributed by atoms with Gasteiger partial charge in [-0.05, 0) is 17.9 Å². The number of rotatable bonds is 4. The van der Waals surface area contributed by atoms with Gasteiger partial charge in [-0.1, -0.05) is 52.3 Å². The van der Waals surface area contributed by atoms with Crippen molar-refractivity contribution < 1.29 is 48.0 Å². The number of cyclic esters (lactones) is 2. The summed E-state index contributed by atoms with van der Waals surface area (Å²) in [7, 11) is 1.50. The van der Waals surface area contributed by atoms with E-state index < -0.39 is 87.7 Å². The molecule has 0 bridgehead atoms. The molecule has 1 aliphatic heterocycles. The largest absolute Gasteiger partial charge is 0.459 e. The molecule has 0 aromatic rings. The van der Waals surface area contributed by atoms with Gasteiger partial charge in [0.1, 0.15) is 12.2 Å². The van der Waals surface area contributed by atoms with E-state index in [0.717, 1.165) is 5.57 Å². The van der Waals surface area contributed by atoms with Crippen molar-refractivity contribution in [2.75, 3.05) is 7.11 Å². The van der Waals surface area contributed by atoms with E-state index in [1.54, 1.807) is 13.8 Å². The maximum atomic E-state index is 13.2. The fourth-order valence-electron chi connectivity index (χ4n) is 9.58. The average Bonchev–Trinajstić information content (AvgIpc) is 3.38. The summed E-state index contributed by atoms with van der Waals surface area (Å²) in [5, 5.41) is 12.1. The highest BCUT2D eigenvalue weighted by atomic mass is 16.6. The third kappa shape index (κ3) is 3.72. The second-order valence-electron chi connectivity index (χ2n) is 13.3. The van der Waals surface area contributed by atoms with Crippen LogP contribution in [0.15, 0.2) is 35.5 Å². The molecule has 10 atom stereocenters. The number of hydrogen-bond acceptors (Lipinski definition) is 10. The molecule has 0 amide bonds. The molecule has 0 aromatic heterocycles. The summed E-state index contributed by atoms with van der Waals surface area (Å²) < 4.78 is 23.1. The van der Waals surface area contributed by atoms with Gasteiger partial charge in [-0.2, -0.15) is 0 Å². The SMILES string of the molecule is CO[C@H]1[C@@H]2[C@@]3(C)C=CC(=O)C(C)(C)[C@H]3[C@@H](O)[C@@H](OC(C)=O)[C@@]2(C)C2=CC[C@@H](C3=CC(=O)OC3=O)[C@]2(C)[C@H]1OC(C)=O. The topological polar surface area (TPSA) is 143 Å². The minimum Gasteiger partial charge on any atom is -0.459 e. The zero-order valence-corrected chi connectivity index (χ0v) is 24.7. The Morgan fingerprint density at radius 1 is 0.951 bits per heavy atom. The molecule has 0 radical (unpaired) electrons. The van der Waals surface area contributed by atoms with Crippen molar-refractivity contribution in [2.24, 2.45) is 39.4 Å². The van der Waals surface area contributed by atoms with Crippen molar-refractivity contribution in [3.8, 4) is 0 Å². The van der Waals surface area contributed by atoms with E-state index in [-0.39, 0.29) is 11.4 Å². The Morgan fingerprint density at radius 2 is 1.56 bits per heavy atom. The first-order valence-electron chi connectivity index (χ1n) is 13.9. The van der Waals surface area contributed by atoms with Crippen LogP contribution in [-0.4, -0.2) is 66.3 Å². The molecular formula is C31H38O10. The predicted octanol–water partition coefficient (Wildman–Crippen LogP) is 2.63. The van der Waals surface area contributed by atoms with Crippen LogP contribution in [0.3, 0.4) is 0 Å². The van der Waals surface area contributed by atoms with Crippen LogP contribution in [0.2, 0.25) is 0 Å². The van der Waals surface area contributed by atoms with Crippen LogP contribution in [0.4, 0.5) is 0 Å². The van der Waals surface area contributed by atoms with Gasteiger partial charge in [-0.25, -0.2) is 9.59 Å². The van der Waals surface area contributed by atoms with Gasteiger partial charge in [0.05, 0.1) is 12.2 Å². The van der Waals surface area contributed by atoms with Gasteiger partial charge in [0.25, 0.3) is 0 Å². The maximum absolute atomic E-state index is 13.2. The van der Waals surface area contributed by atoms with Crippen LogP contribution in [0.25, 0.3) is 0 Å². The number of allylic oxidation sites excluding steroid dienone is 3. The Labute approximate surface area is 239 Å². The van der Waals surface area contributed by atoms with E-state index in [9.17, 15) is 29.1 Å². The van der Waals surface area contributed by atoms with Crippen molar-refractivity contribution in [2.45, 2.75) is 79.3 Å². The lowest BCUT2D eigenvalue weighted by atomic mass is 9.36. The summed E-state index contributed by atoms with van der Waals surface area (Å²) in [6.07, 6.45) is 2.64. The molecule has 2 fully saturated rings. The summed E-state index contributed by atoms with van der Waals surface area (Å²) in [4.78, 5) is 63.3. The fourth-order valence-corrected chi connectivity index (χ4v) is 9.58. The number of carbonyl (C=O) groups excluding carboxylic acids is 5. The second kappa shape index (κ2) is 9.19. The molecule has 0 aromatic carbocycles.